The van der Waals surface area contributed by atoms with Crippen LogP contribution in [-0.2, 0) is 0 Å². The third-order valence-corrected chi connectivity index (χ3v) is 2.40. The molecule has 17 heavy (non-hydrogen) atoms. The predicted molar refractivity (Wildman–Crippen MR) is 66.0 cm³/mol. The van der Waals surface area contributed by atoms with Crippen LogP contribution in [0.4, 0.5) is 5.82 Å². The molecule has 0 fully saturated rings. The first-order chi connectivity index (χ1) is 8.20. The number of aliphatic hydroxyl groups is 1. The van der Waals surface area contributed by atoms with Crippen LogP contribution in [0.3, 0.4) is 0 Å². The Bertz CT molecular complexity index is 551. The molecule has 0 amide bonds. The molecule has 0 aromatic carbocycles. The monoisotopic (exact) mass is 253 g/mol. The number of anilines is 1. The lowest BCUT2D eigenvalue weighted by molar-refractivity contribution is 0.331. The minimum atomic E-state index is 0.0473. The minimum Gasteiger partial charge on any atom is -0.392 e. The molecule has 3 N–H and O–H groups in total. The van der Waals surface area contributed by atoms with Crippen LogP contribution in [-0.4, -0.2) is 38.2 Å². The molecule has 0 aliphatic carbocycles. The topological polar surface area (TPSA) is 86.7 Å². The summed E-state index contributed by atoms with van der Waals surface area (Å²) in [5.74, 6) is 0.597. The maximum absolute atomic E-state index is 8.86. The van der Waals surface area contributed by atoms with Gasteiger partial charge in [0.1, 0.15) is 5.52 Å². The zero-order valence-electron chi connectivity index (χ0n) is 9.24. The Hall–Kier alpha value is -1.66. The van der Waals surface area contributed by atoms with Crippen molar-refractivity contribution in [3.8, 4) is 0 Å². The maximum Gasteiger partial charge on any atom is 0.226 e. The van der Waals surface area contributed by atoms with E-state index in [0.29, 0.717) is 23.5 Å². The van der Waals surface area contributed by atoms with Crippen molar-refractivity contribution in [2.24, 2.45) is 0 Å². The summed E-state index contributed by atoms with van der Waals surface area (Å²) in [5, 5.41) is 12.1. The van der Waals surface area contributed by atoms with E-state index in [4.69, 9.17) is 16.7 Å². The average Bonchev–Trinajstić information content (AvgIpc) is 2.76. The smallest absolute Gasteiger partial charge is 0.226 e. The van der Waals surface area contributed by atoms with E-state index in [1.54, 1.807) is 0 Å². The maximum atomic E-state index is 8.86. The highest BCUT2D eigenvalue weighted by Gasteiger charge is 2.07. The van der Waals surface area contributed by atoms with Crippen molar-refractivity contribution in [3.05, 3.63) is 23.3 Å². The van der Waals surface area contributed by atoms with Crippen LogP contribution in [0.2, 0.25) is 5.28 Å². The van der Waals surface area contributed by atoms with Crippen molar-refractivity contribution < 1.29 is 5.11 Å². The van der Waals surface area contributed by atoms with E-state index in [2.05, 4.69) is 25.3 Å². The van der Waals surface area contributed by atoms with Gasteiger partial charge in [-0.2, -0.15) is 9.97 Å². The lowest BCUT2D eigenvalue weighted by Crippen LogP contribution is -2.04. The molecule has 0 saturated heterocycles. The molecule has 2 aromatic heterocycles. The van der Waals surface area contributed by atoms with Crippen LogP contribution >= 0.6 is 11.6 Å². The van der Waals surface area contributed by atoms with Crippen LogP contribution in [0.25, 0.3) is 11.2 Å². The number of nitrogens with zero attached hydrogens (tertiary/aromatic N) is 3. The van der Waals surface area contributed by atoms with Crippen molar-refractivity contribution in [1.82, 2.24) is 19.9 Å². The van der Waals surface area contributed by atoms with E-state index in [9.17, 15) is 0 Å². The van der Waals surface area contributed by atoms with Gasteiger partial charge in [0.15, 0.2) is 11.5 Å². The molecule has 0 atom stereocenters. The molecule has 0 saturated carbocycles. The molecule has 6 nitrogen and oxygen atoms in total. The molecule has 90 valence electrons. The summed E-state index contributed by atoms with van der Waals surface area (Å²) in [7, 11) is 0. The molecule has 2 rings (SSSR count). The number of halogens is 1. The first kappa shape index (κ1) is 11.8. The van der Waals surface area contributed by atoms with Crippen molar-refractivity contribution in [2.45, 2.75) is 6.92 Å². The summed E-state index contributed by atoms with van der Waals surface area (Å²) >= 11 is 5.78. The normalized spacial score (nSPS) is 12.1. The molecule has 2 heterocycles. The molecular formula is C10H12ClN5O. The number of H-pyrrole nitrogens is 1. The second-order valence-corrected chi connectivity index (χ2v) is 3.87. The Kier molecular flexibility index (Phi) is 3.55. The van der Waals surface area contributed by atoms with Crippen LogP contribution in [0.5, 0.6) is 0 Å². The van der Waals surface area contributed by atoms with E-state index in [1.807, 2.05) is 13.0 Å². The Balaban J connectivity index is 2.20. The molecule has 7 heteroatoms. The van der Waals surface area contributed by atoms with Crippen LogP contribution < -0.4 is 5.32 Å². The first-order valence-electron chi connectivity index (χ1n) is 5.07. The van der Waals surface area contributed by atoms with Gasteiger partial charge < -0.3 is 15.4 Å². The zero-order chi connectivity index (χ0) is 12.3. The predicted octanol–water partition coefficient (Wildman–Crippen LogP) is 1.36. The summed E-state index contributed by atoms with van der Waals surface area (Å²) in [6.07, 6.45) is 3.41. The van der Waals surface area contributed by atoms with Gasteiger partial charge in [0.2, 0.25) is 5.28 Å². The third-order valence-electron chi connectivity index (χ3n) is 2.23. The third kappa shape index (κ3) is 2.72. The fourth-order valence-electron chi connectivity index (χ4n) is 1.32. The van der Waals surface area contributed by atoms with Crippen molar-refractivity contribution in [2.75, 3.05) is 18.5 Å². The van der Waals surface area contributed by atoms with Crippen LogP contribution in [0.15, 0.2) is 18.0 Å². The quantitative estimate of drug-likeness (QED) is 0.566. The number of aromatic amines is 1. The second-order valence-electron chi connectivity index (χ2n) is 3.53. The SMILES string of the molecule is C/C(=C\CNc1nc(Cl)nc2nc[nH]c12)CO. The number of nitrogens with one attached hydrogen (secondary N) is 2. The molecule has 2 aromatic rings. The second kappa shape index (κ2) is 5.11. The van der Waals surface area contributed by atoms with Gasteiger partial charge in [-0.3, -0.25) is 0 Å². The fraction of sp³-hybridized carbons (Fsp3) is 0.300. The number of imidazole rings is 1. The Morgan fingerprint density at radius 2 is 2.41 bits per heavy atom. The molecule has 0 bridgehead atoms. The number of hydrogen-bond acceptors (Lipinski definition) is 5. The number of aromatic nitrogens is 4. The minimum absolute atomic E-state index is 0.0473. The molecule has 0 aliphatic rings. The average molecular weight is 254 g/mol. The number of rotatable bonds is 4. The highest BCUT2D eigenvalue weighted by molar-refractivity contribution is 6.28. The lowest BCUT2D eigenvalue weighted by atomic mass is 10.3. The molecule has 0 unspecified atom stereocenters. The summed E-state index contributed by atoms with van der Waals surface area (Å²) in [5.41, 5.74) is 2.12. The van der Waals surface area contributed by atoms with Crippen molar-refractivity contribution in [3.63, 3.8) is 0 Å². The van der Waals surface area contributed by atoms with Gasteiger partial charge in [0.25, 0.3) is 0 Å². The largest absolute Gasteiger partial charge is 0.392 e. The van der Waals surface area contributed by atoms with Gasteiger partial charge in [-0.05, 0) is 18.5 Å². The summed E-state index contributed by atoms with van der Waals surface area (Å²) in [6, 6.07) is 0. The summed E-state index contributed by atoms with van der Waals surface area (Å²) in [4.78, 5) is 15.0. The standard InChI is InChI=1S/C10H12ClN5O/c1-6(4-17)2-3-12-8-7-9(14-5-13-7)16-10(11)15-8/h2,5,17H,3-4H2,1H3,(H2,12,13,14,15,16)/b6-2+. The van der Waals surface area contributed by atoms with Gasteiger partial charge in [-0.25, -0.2) is 4.98 Å². The highest BCUT2D eigenvalue weighted by atomic mass is 35.5. The Morgan fingerprint density at radius 1 is 1.59 bits per heavy atom. The highest BCUT2D eigenvalue weighted by Crippen LogP contribution is 2.18. The van der Waals surface area contributed by atoms with Crippen LogP contribution in [0.1, 0.15) is 6.92 Å². The first-order valence-corrected chi connectivity index (χ1v) is 5.45. The lowest BCUT2D eigenvalue weighted by Gasteiger charge is -2.04. The van der Waals surface area contributed by atoms with E-state index < -0.39 is 0 Å². The van der Waals surface area contributed by atoms with Crippen molar-refractivity contribution in [1.29, 1.82) is 0 Å². The number of fused-ring (bicyclic) bond motifs is 1. The van der Waals surface area contributed by atoms with E-state index >= 15 is 0 Å². The van der Waals surface area contributed by atoms with E-state index in [1.165, 1.54) is 6.33 Å². The van der Waals surface area contributed by atoms with Crippen LogP contribution in [0, 0.1) is 0 Å². The van der Waals surface area contributed by atoms with E-state index in [0.717, 1.165) is 5.57 Å². The molecule has 0 aliphatic heterocycles. The number of aliphatic hydroxyl groups excluding tert-OH is 1. The van der Waals surface area contributed by atoms with Gasteiger partial charge in [0, 0.05) is 6.54 Å². The summed E-state index contributed by atoms with van der Waals surface area (Å²) in [6.45, 7) is 2.44. The zero-order valence-corrected chi connectivity index (χ0v) is 9.99. The van der Waals surface area contributed by atoms with Gasteiger partial charge in [-0.1, -0.05) is 11.6 Å². The molecule has 0 radical (unpaired) electrons. The Morgan fingerprint density at radius 3 is 3.18 bits per heavy atom. The van der Waals surface area contributed by atoms with Gasteiger partial charge in [0.05, 0.1) is 12.9 Å². The molecular weight excluding hydrogens is 242 g/mol. The fourth-order valence-corrected chi connectivity index (χ4v) is 1.49. The Labute approximate surface area is 103 Å². The van der Waals surface area contributed by atoms with Crippen molar-refractivity contribution >= 4 is 28.6 Å². The van der Waals surface area contributed by atoms with Gasteiger partial charge >= 0.3 is 0 Å². The van der Waals surface area contributed by atoms with E-state index in [-0.39, 0.29) is 11.9 Å². The molecule has 0 spiro atoms. The van der Waals surface area contributed by atoms with Gasteiger partial charge in [-0.15, -0.1) is 0 Å². The number of hydrogen-bond donors (Lipinski definition) is 3. The summed E-state index contributed by atoms with van der Waals surface area (Å²) < 4.78 is 0.